The summed E-state index contributed by atoms with van der Waals surface area (Å²) in [5.41, 5.74) is 2.00. The molecule has 0 spiro atoms. The maximum absolute atomic E-state index is 12.9. The molecule has 9 heteroatoms. The highest BCUT2D eigenvalue weighted by Crippen LogP contribution is 2.23. The fourth-order valence-corrected chi connectivity index (χ4v) is 4.33. The van der Waals surface area contributed by atoms with E-state index in [0.29, 0.717) is 34.0 Å². The van der Waals surface area contributed by atoms with Gasteiger partial charge in [0.25, 0.3) is 0 Å². The van der Waals surface area contributed by atoms with Crippen molar-refractivity contribution < 1.29 is 14.0 Å². The van der Waals surface area contributed by atoms with Gasteiger partial charge in [-0.3, -0.25) is 14.2 Å². The molecule has 1 atom stereocenters. The van der Waals surface area contributed by atoms with E-state index in [2.05, 4.69) is 5.32 Å². The number of para-hydroxylation sites is 2. The first-order valence-corrected chi connectivity index (χ1v) is 9.99. The van der Waals surface area contributed by atoms with Crippen LogP contribution in [0.4, 0.5) is 5.69 Å². The fraction of sp³-hybridized carbons (Fsp3) is 0.200. The van der Waals surface area contributed by atoms with E-state index in [1.807, 2.05) is 6.07 Å². The number of nitriles is 1. The van der Waals surface area contributed by atoms with Gasteiger partial charge in [-0.2, -0.15) is 5.26 Å². The van der Waals surface area contributed by atoms with Gasteiger partial charge in [-0.1, -0.05) is 12.1 Å². The van der Waals surface area contributed by atoms with E-state index >= 15 is 0 Å². The van der Waals surface area contributed by atoms with Gasteiger partial charge in [0.1, 0.15) is 12.6 Å². The van der Waals surface area contributed by atoms with Crippen molar-refractivity contribution in [1.29, 1.82) is 5.26 Å². The number of anilines is 1. The zero-order chi connectivity index (χ0) is 20.4. The molecule has 1 aliphatic heterocycles. The lowest BCUT2D eigenvalue weighted by atomic mass is 10.2. The summed E-state index contributed by atoms with van der Waals surface area (Å²) < 4.78 is 6.44. The lowest BCUT2D eigenvalue weighted by Crippen LogP contribution is -2.46. The molecule has 0 aliphatic carbocycles. The van der Waals surface area contributed by atoms with E-state index in [1.54, 1.807) is 48.5 Å². The van der Waals surface area contributed by atoms with Crippen LogP contribution in [0.3, 0.4) is 0 Å². The summed E-state index contributed by atoms with van der Waals surface area (Å²) in [6.07, 6.45) is 0. The van der Waals surface area contributed by atoms with Crippen LogP contribution in [0.15, 0.2) is 57.7 Å². The summed E-state index contributed by atoms with van der Waals surface area (Å²) >= 11 is 1.47. The molecule has 2 amide bonds. The summed E-state index contributed by atoms with van der Waals surface area (Å²) in [6, 6.07) is 14.8. The topological polar surface area (TPSA) is 108 Å². The van der Waals surface area contributed by atoms with E-state index in [-0.39, 0.29) is 18.4 Å². The molecule has 1 saturated heterocycles. The number of nitrogens with zero attached hydrogens (tertiary/aromatic N) is 3. The van der Waals surface area contributed by atoms with E-state index in [0.717, 1.165) is 0 Å². The van der Waals surface area contributed by atoms with Gasteiger partial charge >= 0.3 is 5.76 Å². The lowest BCUT2D eigenvalue weighted by Gasteiger charge is -2.23. The minimum Gasteiger partial charge on any atom is -0.408 e. The predicted molar refractivity (Wildman–Crippen MR) is 108 cm³/mol. The first-order valence-electron chi connectivity index (χ1n) is 8.83. The molecule has 1 fully saturated rings. The maximum atomic E-state index is 12.9. The van der Waals surface area contributed by atoms with E-state index in [1.165, 1.54) is 21.2 Å². The number of rotatable bonds is 4. The largest absolute Gasteiger partial charge is 0.420 e. The molecule has 1 unspecified atom stereocenters. The molecule has 0 bridgehead atoms. The number of thioether (sulfide) groups is 1. The second-order valence-corrected chi connectivity index (χ2v) is 7.48. The Morgan fingerprint density at radius 1 is 1.21 bits per heavy atom. The quantitative estimate of drug-likeness (QED) is 0.707. The Bertz CT molecular complexity index is 1180. The number of oxazole rings is 1. The van der Waals surface area contributed by atoms with Crippen LogP contribution in [0.5, 0.6) is 0 Å². The van der Waals surface area contributed by atoms with Gasteiger partial charge in [0, 0.05) is 11.4 Å². The molecule has 146 valence electrons. The molecule has 4 rings (SSSR count). The molecule has 29 heavy (non-hydrogen) atoms. The highest BCUT2D eigenvalue weighted by molar-refractivity contribution is 7.99. The van der Waals surface area contributed by atoms with Crippen LogP contribution < -0.4 is 11.1 Å². The Morgan fingerprint density at radius 2 is 1.97 bits per heavy atom. The Balaban J connectivity index is 1.49. The van der Waals surface area contributed by atoms with Crippen molar-refractivity contribution in [3.8, 4) is 6.07 Å². The number of carbonyl (C=O) groups excluding carboxylic acids is 2. The summed E-state index contributed by atoms with van der Waals surface area (Å²) in [4.78, 5) is 39.1. The van der Waals surface area contributed by atoms with Crippen LogP contribution in [0.2, 0.25) is 0 Å². The highest BCUT2D eigenvalue weighted by Gasteiger charge is 2.35. The minimum absolute atomic E-state index is 0.197. The van der Waals surface area contributed by atoms with Gasteiger partial charge in [-0.15, -0.1) is 11.8 Å². The summed E-state index contributed by atoms with van der Waals surface area (Å²) in [5, 5.41) is 11.6. The Kier molecular flexibility index (Phi) is 5.10. The summed E-state index contributed by atoms with van der Waals surface area (Å²) in [7, 11) is 0. The van der Waals surface area contributed by atoms with Crippen molar-refractivity contribution in [2.45, 2.75) is 12.6 Å². The molecule has 1 aromatic heterocycles. The highest BCUT2D eigenvalue weighted by atomic mass is 32.2. The number of carbonyl (C=O) groups is 2. The van der Waals surface area contributed by atoms with Crippen LogP contribution in [-0.2, 0) is 16.1 Å². The molecule has 1 N–H and O–H groups in total. The molecular formula is C20H16N4O4S. The number of hydrogen-bond acceptors (Lipinski definition) is 6. The van der Waals surface area contributed by atoms with Gasteiger partial charge in [0.2, 0.25) is 11.8 Å². The van der Waals surface area contributed by atoms with Crippen molar-refractivity contribution in [1.82, 2.24) is 9.47 Å². The molecule has 2 aromatic carbocycles. The van der Waals surface area contributed by atoms with Crippen molar-refractivity contribution >= 4 is 40.4 Å². The van der Waals surface area contributed by atoms with Crippen molar-refractivity contribution in [2.24, 2.45) is 0 Å². The molecule has 1 aliphatic rings. The van der Waals surface area contributed by atoms with Crippen molar-refractivity contribution in [3.05, 3.63) is 64.6 Å². The molecule has 3 aromatic rings. The summed E-state index contributed by atoms with van der Waals surface area (Å²) in [6.45, 7) is -0.197. The standard InChI is InChI=1S/C20H16N4O4S/c21-9-13-5-7-14(8-6-13)22-19(26)16-11-29-12-24(16)18(25)10-23-15-3-1-2-4-17(15)28-20(23)27/h1-8,16H,10-12H2,(H,22,26). The van der Waals surface area contributed by atoms with Crippen LogP contribution in [0.1, 0.15) is 5.56 Å². The number of amides is 2. The van der Waals surface area contributed by atoms with Crippen molar-refractivity contribution in [3.63, 3.8) is 0 Å². The van der Waals surface area contributed by atoms with Gasteiger partial charge in [0.05, 0.1) is 23.0 Å². The average molecular weight is 408 g/mol. The van der Waals surface area contributed by atoms with Crippen molar-refractivity contribution in [2.75, 3.05) is 16.9 Å². The lowest BCUT2D eigenvalue weighted by molar-refractivity contribution is -0.136. The SMILES string of the molecule is N#Cc1ccc(NC(=O)C2CSCN2C(=O)Cn2c(=O)oc3ccccc32)cc1. The summed E-state index contributed by atoms with van der Waals surface area (Å²) in [5.74, 6) is -0.407. The molecular weight excluding hydrogens is 392 g/mol. The minimum atomic E-state index is -0.642. The monoisotopic (exact) mass is 408 g/mol. The number of fused-ring (bicyclic) bond motifs is 1. The smallest absolute Gasteiger partial charge is 0.408 e. The van der Waals surface area contributed by atoms with Crippen LogP contribution in [-0.4, -0.2) is 39.0 Å². The average Bonchev–Trinajstić information content (AvgIpc) is 3.34. The van der Waals surface area contributed by atoms with Crippen LogP contribution in [0.25, 0.3) is 11.1 Å². The van der Waals surface area contributed by atoms with Crippen LogP contribution >= 0.6 is 11.8 Å². The molecule has 0 saturated carbocycles. The van der Waals surface area contributed by atoms with Crippen LogP contribution in [0, 0.1) is 11.3 Å². The Labute approximate surface area is 169 Å². The zero-order valence-electron chi connectivity index (χ0n) is 15.2. The Morgan fingerprint density at radius 3 is 2.72 bits per heavy atom. The Hall–Kier alpha value is -3.51. The number of aromatic nitrogens is 1. The molecule has 0 radical (unpaired) electrons. The number of nitrogens with one attached hydrogen (secondary N) is 1. The van der Waals surface area contributed by atoms with E-state index < -0.39 is 11.8 Å². The van der Waals surface area contributed by atoms with Gasteiger partial charge in [-0.25, -0.2) is 4.79 Å². The van der Waals surface area contributed by atoms with Gasteiger partial charge in [0.15, 0.2) is 5.58 Å². The third kappa shape index (κ3) is 3.75. The second-order valence-electron chi connectivity index (χ2n) is 6.48. The van der Waals surface area contributed by atoms with E-state index in [4.69, 9.17) is 9.68 Å². The van der Waals surface area contributed by atoms with E-state index in [9.17, 15) is 14.4 Å². The third-order valence-corrected chi connectivity index (χ3v) is 5.67. The fourth-order valence-electron chi connectivity index (χ4n) is 3.15. The predicted octanol–water partition coefficient (Wildman–Crippen LogP) is 2.01. The van der Waals surface area contributed by atoms with Gasteiger partial charge < -0.3 is 14.6 Å². The number of benzene rings is 2. The first kappa shape index (κ1) is 18.8. The number of hydrogen-bond donors (Lipinski definition) is 1. The first-order chi connectivity index (χ1) is 14.1. The third-order valence-electron chi connectivity index (χ3n) is 4.65. The van der Waals surface area contributed by atoms with Gasteiger partial charge in [-0.05, 0) is 36.4 Å². The normalized spacial score (nSPS) is 16.0. The molecule has 8 nitrogen and oxygen atoms in total. The maximum Gasteiger partial charge on any atom is 0.420 e. The molecule has 2 heterocycles. The zero-order valence-corrected chi connectivity index (χ0v) is 16.0. The second kappa shape index (κ2) is 7.85.